The van der Waals surface area contributed by atoms with E-state index in [1.54, 1.807) is 14.2 Å². The molecule has 0 saturated carbocycles. The molecule has 0 fully saturated rings. The molecular formula is C17H19NO3. The van der Waals surface area contributed by atoms with Gasteiger partial charge in [0.15, 0.2) is 6.79 Å². The van der Waals surface area contributed by atoms with E-state index in [0.29, 0.717) is 6.73 Å². The minimum absolute atomic E-state index is 0.231. The average molecular weight is 285 g/mol. The van der Waals surface area contributed by atoms with Crippen LogP contribution in [0.5, 0.6) is 5.75 Å². The van der Waals surface area contributed by atoms with Crippen molar-refractivity contribution >= 4 is 21.8 Å². The van der Waals surface area contributed by atoms with Crippen LogP contribution in [-0.2, 0) is 16.2 Å². The molecule has 0 radical (unpaired) electrons. The van der Waals surface area contributed by atoms with E-state index in [1.165, 1.54) is 10.8 Å². The molecule has 4 heteroatoms. The molecule has 0 spiro atoms. The Morgan fingerprint density at radius 2 is 1.76 bits per heavy atom. The summed E-state index contributed by atoms with van der Waals surface area (Å²) in [7, 11) is 3.33. The molecule has 2 aromatic carbocycles. The van der Waals surface area contributed by atoms with Crippen LogP contribution in [0.4, 0.5) is 0 Å². The minimum atomic E-state index is 0.231. The Balaban J connectivity index is 2.37. The molecule has 3 aromatic rings. The predicted molar refractivity (Wildman–Crippen MR) is 83.7 cm³/mol. The molecule has 0 aliphatic carbocycles. The smallest absolute Gasteiger partial charge is 0.188 e. The van der Waals surface area contributed by atoms with Gasteiger partial charge in [0.2, 0.25) is 0 Å². The van der Waals surface area contributed by atoms with Crippen molar-refractivity contribution in [3.63, 3.8) is 0 Å². The number of methoxy groups -OCH3 is 2. The fourth-order valence-electron chi connectivity index (χ4n) is 2.78. The lowest BCUT2D eigenvalue weighted by Gasteiger charge is -2.13. The molecule has 0 bridgehead atoms. The summed E-state index contributed by atoms with van der Waals surface area (Å²) in [5, 5.41) is 2.37. The Bertz CT molecular complexity index is 776. The Hall–Kier alpha value is -2.04. The van der Waals surface area contributed by atoms with Crippen LogP contribution in [0.15, 0.2) is 36.4 Å². The Morgan fingerprint density at radius 3 is 2.52 bits per heavy atom. The van der Waals surface area contributed by atoms with Crippen molar-refractivity contribution in [1.29, 1.82) is 0 Å². The Labute approximate surface area is 123 Å². The van der Waals surface area contributed by atoms with Crippen molar-refractivity contribution < 1.29 is 14.2 Å². The van der Waals surface area contributed by atoms with E-state index in [2.05, 4.69) is 34.9 Å². The highest BCUT2D eigenvalue weighted by Crippen LogP contribution is 2.37. The van der Waals surface area contributed by atoms with Gasteiger partial charge in [0.05, 0.1) is 11.0 Å². The molecule has 4 nitrogen and oxygen atoms in total. The highest BCUT2D eigenvalue weighted by Gasteiger charge is 2.16. The van der Waals surface area contributed by atoms with Crippen molar-refractivity contribution in [2.24, 2.45) is 0 Å². The molecule has 1 aromatic heterocycles. The van der Waals surface area contributed by atoms with Crippen molar-refractivity contribution in [1.82, 2.24) is 4.57 Å². The standard InChI is InChI=1S/C17H19NO3/c1-12-8-9-14-13-6-4-5-7-15(13)18(10-19-2)16(14)17(12)21-11-20-3/h4-9H,10-11H2,1-3H3. The summed E-state index contributed by atoms with van der Waals surface area (Å²) in [4.78, 5) is 0. The molecule has 0 atom stereocenters. The van der Waals surface area contributed by atoms with Crippen LogP contribution >= 0.6 is 0 Å². The normalized spacial score (nSPS) is 11.4. The van der Waals surface area contributed by atoms with Crippen molar-refractivity contribution in [2.75, 3.05) is 21.0 Å². The van der Waals surface area contributed by atoms with Crippen LogP contribution in [0.2, 0.25) is 0 Å². The fraction of sp³-hybridized carbons (Fsp3) is 0.294. The number of hydrogen-bond acceptors (Lipinski definition) is 3. The van der Waals surface area contributed by atoms with Gasteiger partial charge in [-0.15, -0.1) is 0 Å². The van der Waals surface area contributed by atoms with E-state index in [0.717, 1.165) is 22.3 Å². The lowest BCUT2D eigenvalue weighted by molar-refractivity contribution is 0.0511. The SMILES string of the molecule is COCOc1c(C)ccc2c3ccccc3n(COC)c12. The number of aryl methyl sites for hydroxylation is 1. The minimum Gasteiger partial charge on any atom is -0.465 e. The maximum atomic E-state index is 5.82. The lowest BCUT2D eigenvalue weighted by Crippen LogP contribution is -2.05. The van der Waals surface area contributed by atoms with E-state index < -0.39 is 0 Å². The molecule has 0 N–H and O–H groups in total. The van der Waals surface area contributed by atoms with E-state index in [4.69, 9.17) is 14.2 Å². The van der Waals surface area contributed by atoms with E-state index in [9.17, 15) is 0 Å². The maximum absolute atomic E-state index is 5.82. The molecule has 0 amide bonds. The summed E-state index contributed by atoms with van der Waals surface area (Å²) in [6.07, 6.45) is 0. The second kappa shape index (κ2) is 5.76. The van der Waals surface area contributed by atoms with E-state index >= 15 is 0 Å². The quantitative estimate of drug-likeness (QED) is 0.670. The zero-order valence-electron chi connectivity index (χ0n) is 12.6. The first kappa shape index (κ1) is 13.9. The zero-order valence-corrected chi connectivity index (χ0v) is 12.6. The summed E-state index contributed by atoms with van der Waals surface area (Å²) in [6, 6.07) is 12.5. The Morgan fingerprint density at radius 1 is 0.952 bits per heavy atom. The summed E-state index contributed by atoms with van der Waals surface area (Å²) in [5.74, 6) is 0.850. The topological polar surface area (TPSA) is 32.6 Å². The molecular weight excluding hydrogens is 266 g/mol. The number of rotatable bonds is 5. The molecule has 110 valence electrons. The van der Waals surface area contributed by atoms with Crippen LogP contribution in [0.25, 0.3) is 21.8 Å². The molecule has 21 heavy (non-hydrogen) atoms. The van der Waals surface area contributed by atoms with Gasteiger partial charge in [-0.3, -0.25) is 0 Å². The molecule has 0 aliphatic rings. The molecule has 3 rings (SSSR count). The van der Waals surface area contributed by atoms with Crippen LogP contribution in [0.1, 0.15) is 5.56 Å². The lowest BCUT2D eigenvalue weighted by atomic mass is 10.1. The monoisotopic (exact) mass is 285 g/mol. The molecule has 0 unspecified atom stereocenters. The number of aromatic nitrogens is 1. The van der Waals surface area contributed by atoms with Gasteiger partial charge in [-0.05, 0) is 18.6 Å². The number of nitrogens with zero attached hydrogens (tertiary/aromatic N) is 1. The number of fused-ring (bicyclic) bond motifs is 3. The number of benzene rings is 2. The third-order valence-electron chi connectivity index (χ3n) is 3.66. The molecule has 0 saturated heterocycles. The summed E-state index contributed by atoms with van der Waals surface area (Å²) >= 11 is 0. The number of para-hydroxylation sites is 1. The van der Waals surface area contributed by atoms with E-state index in [1.807, 2.05) is 13.0 Å². The highest BCUT2D eigenvalue weighted by atomic mass is 16.7. The third kappa shape index (κ3) is 2.26. The van der Waals surface area contributed by atoms with Gasteiger partial charge in [0.1, 0.15) is 12.5 Å². The second-order valence-electron chi connectivity index (χ2n) is 5.02. The zero-order chi connectivity index (χ0) is 14.8. The average Bonchev–Trinajstić information content (AvgIpc) is 2.82. The van der Waals surface area contributed by atoms with Gasteiger partial charge in [-0.2, -0.15) is 0 Å². The number of hydrogen-bond donors (Lipinski definition) is 0. The molecule has 1 heterocycles. The summed E-state index contributed by atoms with van der Waals surface area (Å²) < 4.78 is 18.4. The van der Waals surface area contributed by atoms with Crippen molar-refractivity contribution in [3.8, 4) is 5.75 Å². The third-order valence-corrected chi connectivity index (χ3v) is 3.66. The first-order valence-electron chi connectivity index (χ1n) is 6.89. The second-order valence-corrected chi connectivity index (χ2v) is 5.02. The van der Waals surface area contributed by atoms with Gasteiger partial charge < -0.3 is 18.8 Å². The van der Waals surface area contributed by atoms with Crippen LogP contribution < -0.4 is 4.74 Å². The first-order valence-corrected chi connectivity index (χ1v) is 6.89. The van der Waals surface area contributed by atoms with Gasteiger partial charge in [-0.25, -0.2) is 0 Å². The van der Waals surface area contributed by atoms with Gasteiger partial charge in [0.25, 0.3) is 0 Å². The summed E-state index contributed by atoms with van der Waals surface area (Å²) in [5.41, 5.74) is 3.28. The van der Waals surface area contributed by atoms with Crippen molar-refractivity contribution in [2.45, 2.75) is 13.7 Å². The summed E-state index contributed by atoms with van der Waals surface area (Å²) in [6.45, 7) is 2.75. The fourth-order valence-corrected chi connectivity index (χ4v) is 2.78. The van der Waals surface area contributed by atoms with Gasteiger partial charge in [-0.1, -0.05) is 30.3 Å². The van der Waals surface area contributed by atoms with Crippen LogP contribution in [0.3, 0.4) is 0 Å². The predicted octanol–water partition coefficient (Wildman–Crippen LogP) is 3.69. The van der Waals surface area contributed by atoms with Gasteiger partial charge in [0, 0.05) is 25.0 Å². The highest BCUT2D eigenvalue weighted by molar-refractivity contribution is 6.10. The largest absolute Gasteiger partial charge is 0.465 e. The molecule has 0 aliphatic heterocycles. The van der Waals surface area contributed by atoms with Crippen LogP contribution in [-0.4, -0.2) is 25.6 Å². The maximum Gasteiger partial charge on any atom is 0.188 e. The van der Waals surface area contributed by atoms with E-state index in [-0.39, 0.29) is 6.79 Å². The Kier molecular flexibility index (Phi) is 3.82. The first-order chi connectivity index (χ1) is 10.3. The van der Waals surface area contributed by atoms with Gasteiger partial charge >= 0.3 is 0 Å². The van der Waals surface area contributed by atoms with Crippen LogP contribution in [0, 0.1) is 6.92 Å². The van der Waals surface area contributed by atoms with Crippen molar-refractivity contribution in [3.05, 3.63) is 42.0 Å². The number of ether oxygens (including phenoxy) is 3.